The van der Waals surface area contributed by atoms with Crippen molar-refractivity contribution in [2.45, 2.75) is 0 Å². The molecule has 112 valence electrons. The van der Waals surface area contributed by atoms with E-state index >= 15 is 0 Å². The minimum atomic E-state index is 1.28. The van der Waals surface area contributed by atoms with Crippen LogP contribution in [-0.2, 0) is 0 Å². The number of hydrogen-bond acceptors (Lipinski definition) is 0. The van der Waals surface area contributed by atoms with E-state index in [1.165, 1.54) is 44.2 Å². The summed E-state index contributed by atoms with van der Waals surface area (Å²) in [5, 5.41) is 2.68. The van der Waals surface area contributed by atoms with Gasteiger partial charge in [-0.1, -0.05) is 97.1 Å². The smallest absolute Gasteiger partial charge is 0.00201 e. The normalized spacial score (nSPS) is 12.8. The van der Waals surface area contributed by atoms with Crippen LogP contribution in [-0.4, -0.2) is 0 Å². The molecular formula is C24H16. The van der Waals surface area contributed by atoms with Crippen molar-refractivity contribution < 1.29 is 0 Å². The maximum absolute atomic E-state index is 2.25. The lowest BCUT2D eigenvalue weighted by Crippen LogP contribution is -1.90. The van der Waals surface area contributed by atoms with Gasteiger partial charge in [0, 0.05) is 0 Å². The van der Waals surface area contributed by atoms with Crippen LogP contribution in [0.5, 0.6) is 0 Å². The van der Waals surface area contributed by atoms with Gasteiger partial charge in [0.25, 0.3) is 0 Å². The van der Waals surface area contributed by atoms with Gasteiger partial charge in [-0.25, -0.2) is 0 Å². The van der Waals surface area contributed by atoms with Crippen LogP contribution in [0.2, 0.25) is 0 Å². The van der Waals surface area contributed by atoms with Gasteiger partial charge in [0.1, 0.15) is 0 Å². The van der Waals surface area contributed by atoms with Gasteiger partial charge in [0.2, 0.25) is 0 Å². The molecule has 1 aliphatic carbocycles. The Balaban J connectivity index is 1.93. The molecule has 0 unspecified atom stereocenters. The first-order valence-electron chi connectivity index (χ1n) is 8.31. The number of hydrogen-bond donors (Lipinski definition) is 0. The van der Waals surface area contributed by atoms with Crippen molar-refractivity contribution in [3.05, 3.63) is 119 Å². The highest BCUT2D eigenvalue weighted by atomic mass is 14.3. The topological polar surface area (TPSA) is 0 Å². The van der Waals surface area contributed by atoms with E-state index < -0.39 is 0 Å². The lowest BCUT2D eigenvalue weighted by atomic mass is 9.93. The van der Waals surface area contributed by atoms with Crippen LogP contribution in [0.4, 0.5) is 0 Å². The van der Waals surface area contributed by atoms with E-state index in [-0.39, 0.29) is 0 Å². The first kappa shape index (κ1) is 13.3. The highest BCUT2D eigenvalue weighted by molar-refractivity contribution is 6.20. The Bertz CT molecular complexity index is 987. The SMILES string of the molecule is c1ccc(C2=C(c3ccccc3)c3cccc4cccc2c34)cc1. The van der Waals surface area contributed by atoms with Crippen LogP contribution in [0.15, 0.2) is 97.1 Å². The third-order valence-electron chi connectivity index (χ3n) is 4.82. The molecule has 0 saturated carbocycles. The Morgan fingerprint density at radius 3 is 1.29 bits per heavy atom. The van der Waals surface area contributed by atoms with Gasteiger partial charge < -0.3 is 0 Å². The minimum absolute atomic E-state index is 1.28. The second kappa shape index (κ2) is 5.21. The number of rotatable bonds is 2. The predicted octanol–water partition coefficient (Wildman–Crippen LogP) is 6.16. The van der Waals surface area contributed by atoms with Crippen LogP contribution in [0.1, 0.15) is 22.3 Å². The van der Waals surface area contributed by atoms with E-state index in [0.717, 1.165) is 0 Å². The highest BCUT2D eigenvalue weighted by Gasteiger charge is 2.25. The molecule has 0 amide bonds. The molecule has 24 heavy (non-hydrogen) atoms. The Morgan fingerprint density at radius 2 is 0.833 bits per heavy atom. The fraction of sp³-hybridized carbons (Fsp3) is 0. The molecule has 0 heteroatoms. The second-order valence-electron chi connectivity index (χ2n) is 6.19. The summed E-state index contributed by atoms with van der Waals surface area (Å²) < 4.78 is 0. The van der Waals surface area contributed by atoms with Crippen LogP contribution in [0, 0.1) is 0 Å². The zero-order valence-corrected chi connectivity index (χ0v) is 13.2. The highest BCUT2D eigenvalue weighted by Crippen LogP contribution is 2.47. The molecule has 0 N–H and O–H groups in total. The molecule has 0 atom stereocenters. The summed E-state index contributed by atoms with van der Waals surface area (Å²) in [5.74, 6) is 0. The van der Waals surface area contributed by atoms with Gasteiger partial charge in [-0.05, 0) is 44.2 Å². The Kier molecular flexibility index (Phi) is 2.89. The van der Waals surface area contributed by atoms with Crippen molar-refractivity contribution in [3.8, 4) is 0 Å². The van der Waals surface area contributed by atoms with Crippen LogP contribution in [0.25, 0.3) is 21.9 Å². The summed E-state index contributed by atoms with van der Waals surface area (Å²) in [6.07, 6.45) is 0. The molecule has 4 aromatic rings. The molecular weight excluding hydrogens is 288 g/mol. The molecule has 0 aliphatic heterocycles. The van der Waals surface area contributed by atoms with Crippen molar-refractivity contribution in [2.75, 3.05) is 0 Å². The standard InChI is InChI=1S/C24H16/c1-3-9-18(10-4-1)23-20-15-7-13-17-14-8-16-21(22(17)20)24(23)19-11-5-2-6-12-19/h1-16H. The summed E-state index contributed by atoms with van der Waals surface area (Å²) in [7, 11) is 0. The Morgan fingerprint density at radius 1 is 0.375 bits per heavy atom. The molecule has 0 radical (unpaired) electrons. The molecule has 1 aliphatic rings. The average Bonchev–Trinajstić information content (AvgIpc) is 3.00. The van der Waals surface area contributed by atoms with Crippen molar-refractivity contribution in [3.63, 3.8) is 0 Å². The Hall–Kier alpha value is -3.12. The van der Waals surface area contributed by atoms with Gasteiger partial charge in [0.05, 0.1) is 0 Å². The Labute approximate surface area is 141 Å². The monoisotopic (exact) mass is 304 g/mol. The summed E-state index contributed by atoms with van der Waals surface area (Å²) in [6, 6.07) is 34.7. The summed E-state index contributed by atoms with van der Waals surface area (Å²) >= 11 is 0. The van der Waals surface area contributed by atoms with Gasteiger partial charge in [0.15, 0.2) is 0 Å². The zero-order valence-electron chi connectivity index (χ0n) is 13.2. The lowest BCUT2D eigenvalue weighted by Gasteiger charge is -2.10. The van der Waals surface area contributed by atoms with E-state index in [0.29, 0.717) is 0 Å². The maximum atomic E-state index is 2.25. The third kappa shape index (κ3) is 1.87. The fourth-order valence-electron chi connectivity index (χ4n) is 3.84. The molecule has 0 fully saturated rings. The summed E-state index contributed by atoms with van der Waals surface area (Å²) in [5.41, 5.74) is 7.92. The molecule has 0 heterocycles. The van der Waals surface area contributed by atoms with Gasteiger partial charge in [-0.3, -0.25) is 0 Å². The van der Waals surface area contributed by atoms with Crippen LogP contribution >= 0.6 is 0 Å². The zero-order chi connectivity index (χ0) is 15.9. The van der Waals surface area contributed by atoms with Gasteiger partial charge in [-0.15, -0.1) is 0 Å². The molecule has 0 saturated heterocycles. The van der Waals surface area contributed by atoms with Crippen molar-refractivity contribution in [1.29, 1.82) is 0 Å². The van der Waals surface area contributed by atoms with E-state index in [1.807, 2.05) is 0 Å². The van der Waals surface area contributed by atoms with Crippen molar-refractivity contribution in [2.24, 2.45) is 0 Å². The van der Waals surface area contributed by atoms with E-state index in [2.05, 4.69) is 97.1 Å². The van der Waals surface area contributed by atoms with Crippen molar-refractivity contribution in [1.82, 2.24) is 0 Å². The molecule has 0 bridgehead atoms. The first-order valence-corrected chi connectivity index (χ1v) is 8.31. The molecule has 0 spiro atoms. The first-order chi connectivity index (χ1) is 11.9. The third-order valence-corrected chi connectivity index (χ3v) is 4.82. The van der Waals surface area contributed by atoms with Crippen LogP contribution in [0.3, 0.4) is 0 Å². The predicted molar refractivity (Wildman–Crippen MR) is 102 cm³/mol. The minimum Gasteiger partial charge on any atom is -0.0622 e. The molecule has 5 rings (SSSR count). The molecule has 0 nitrogen and oxygen atoms in total. The van der Waals surface area contributed by atoms with Gasteiger partial charge >= 0.3 is 0 Å². The summed E-state index contributed by atoms with van der Waals surface area (Å²) in [6.45, 7) is 0. The molecule has 4 aromatic carbocycles. The van der Waals surface area contributed by atoms with E-state index in [4.69, 9.17) is 0 Å². The fourth-order valence-corrected chi connectivity index (χ4v) is 3.84. The van der Waals surface area contributed by atoms with E-state index in [9.17, 15) is 0 Å². The van der Waals surface area contributed by atoms with Gasteiger partial charge in [-0.2, -0.15) is 0 Å². The number of benzene rings is 4. The quantitative estimate of drug-likeness (QED) is 0.366. The summed E-state index contributed by atoms with van der Waals surface area (Å²) in [4.78, 5) is 0. The lowest BCUT2D eigenvalue weighted by molar-refractivity contribution is 1.57. The maximum Gasteiger partial charge on any atom is -0.00201 e. The van der Waals surface area contributed by atoms with Crippen LogP contribution < -0.4 is 0 Å². The molecule has 0 aromatic heterocycles. The largest absolute Gasteiger partial charge is 0.0622 e. The average molecular weight is 304 g/mol. The van der Waals surface area contributed by atoms with Crippen molar-refractivity contribution >= 4 is 21.9 Å². The second-order valence-corrected chi connectivity index (χ2v) is 6.19. The van der Waals surface area contributed by atoms with E-state index in [1.54, 1.807) is 0 Å².